The highest BCUT2D eigenvalue weighted by Gasteiger charge is 2.30. The number of nitrogens with zero attached hydrogens (tertiary/aromatic N) is 4. The van der Waals surface area contributed by atoms with Crippen molar-refractivity contribution < 1.29 is 9.21 Å². The van der Waals surface area contributed by atoms with Crippen molar-refractivity contribution in [2.24, 2.45) is 0 Å². The zero-order chi connectivity index (χ0) is 20.0. The van der Waals surface area contributed by atoms with Gasteiger partial charge in [-0.05, 0) is 55.4 Å². The first-order valence-electron chi connectivity index (χ1n) is 10.4. The molecule has 1 saturated heterocycles. The SMILES string of the molecule is Cc1cnc2oc(N3CCN(C(=O)Cc4ccc(C5CC5)cc4)[C@H](C)C3)nc2c1. The summed E-state index contributed by atoms with van der Waals surface area (Å²) in [5, 5.41) is 0. The Kier molecular flexibility index (Phi) is 4.49. The fourth-order valence-electron chi connectivity index (χ4n) is 4.15. The van der Waals surface area contributed by atoms with Crippen LogP contribution in [0.4, 0.5) is 6.01 Å². The van der Waals surface area contributed by atoms with Gasteiger partial charge in [-0.1, -0.05) is 24.3 Å². The number of anilines is 1. The number of benzene rings is 1. The lowest BCUT2D eigenvalue weighted by molar-refractivity contribution is -0.132. The summed E-state index contributed by atoms with van der Waals surface area (Å²) < 4.78 is 5.84. The highest BCUT2D eigenvalue weighted by atomic mass is 16.4. The molecule has 5 rings (SSSR count). The van der Waals surface area contributed by atoms with E-state index in [1.165, 1.54) is 18.4 Å². The van der Waals surface area contributed by atoms with Crippen molar-refractivity contribution >= 4 is 23.2 Å². The van der Waals surface area contributed by atoms with Crippen molar-refractivity contribution in [1.82, 2.24) is 14.9 Å². The van der Waals surface area contributed by atoms with Gasteiger partial charge in [0.05, 0.1) is 6.42 Å². The number of hydrogen-bond acceptors (Lipinski definition) is 5. The smallest absolute Gasteiger partial charge is 0.299 e. The van der Waals surface area contributed by atoms with Crippen LogP contribution in [-0.2, 0) is 11.2 Å². The lowest BCUT2D eigenvalue weighted by atomic mass is 10.0. The van der Waals surface area contributed by atoms with Crippen LogP contribution in [0.25, 0.3) is 11.2 Å². The van der Waals surface area contributed by atoms with Gasteiger partial charge in [0, 0.05) is 31.9 Å². The van der Waals surface area contributed by atoms with Crippen LogP contribution in [0.3, 0.4) is 0 Å². The first kappa shape index (κ1) is 18.2. The van der Waals surface area contributed by atoms with Crippen LogP contribution in [0.15, 0.2) is 40.9 Å². The molecule has 0 radical (unpaired) electrons. The first-order valence-corrected chi connectivity index (χ1v) is 10.4. The third-order valence-corrected chi connectivity index (χ3v) is 5.98. The molecule has 1 aliphatic heterocycles. The topological polar surface area (TPSA) is 62.5 Å². The van der Waals surface area contributed by atoms with E-state index in [9.17, 15) is 4.79 Å². The third-order valence-electron chi connectivity index (χ3n) is 5.98. The maximum Gasteiger partial charge on any atom is 0.299 e. The highest BCUT2D eigenvalue weighted by Crippen LogP contribution is 2.39. The highest BCUT2D eigenvalue weighted by molar-refractivity contribution is 5.79. The largest absolute Gasteiger partial charge is 0.404 e. The van der Waals surface area contributed by atoms with E-state index in [1.54, 1.807) is 6.20 Å². The van der Waals surface area contributed by atoms with Gasteiger partial charge in [0.1, 0.15) is 5.52 Å². The molecular formula is C23H26N4O2. The van der Waals surface area contributed by atoms with Gasteiger partial charge in [-0.3, -0.25) is 4.79 Å². The molecule has 1 aromatic carbocycles. The minimum atomic E-state index is 0.103. The average molecular weight is 390 g/mol. The number of carbonyl (C=O) groups is 1. The summed E-state index contributed by atoms with van der Waals surface area (Å²) in [6, 6.07) is 11.3. The van der Waals surface area contributed by atoms with E-state index in [-0.39, 0.29) is 11.9 Å². The number of aryl methyl sites for hydroxylation is 1. The van der Waals surface area contributed by atoms with Gasteiger partial charge in [-0.2, -0.15) is 4.98 Å². The van der Waals surface area contributed by atoms with E-state index >= 15 is 0 Å². The second-order valence-corrected chi connectivity index (χ2v) is 8.41. The van der Waals surface area contributed by atoms with Crippen molar-refractivity contribution in [3.63, 3.8) is 0 Å². The van der Waals surface area contributed by atoms with Gasteiger partial charge in [-0.15, -0.1) is 0 Å². The molecule has 29 heavy (non-hydrogen) atoms. The molecule has 3 aromatic rings. The number of pyridine rings is 1. The summed E-state index contributed by atoms with van der Waals surface area (Å²) in [6.45, 7) is 6.17. The molecule has 1 amide bonds. The van der Waals surface area contributed by atoms with Gasteiger partial charge in [0.25, 0.3) is 6.01 Å². The Labute approximate surface area is 170 Å². The summed E-state index contributed by atoms with van der Waals surface area (Å²) in [5.74, 6) is 0.935. The lowest BCUT2D eigenvalue weighted by Crippen LogP contribution is -2.54. The molecule has 1 aliphatic carbocycles. The number of oxazole rings is 1. The summed E-state index contributed by atoms with van der Waals surface area (Å²) in [4.78, 5) is 25.9. The van der Waals surface area contributed by atoms with Crippen molar-refractivity contribution in [2.45, 2.75) is 45.1 Å². The summed E-state index contributed by atoms with van der Waals surface area (Å²) in [7, 11) is 0. The lowest BCUT2D eigenvalue weighted by Gasteiger charge is -2.39. The van der Waals surface area contributed by atoms with E-state index in [2.05, 4.69) is 46.1 Å². The normalized spacial score (nSPS) is 19.7. The number of rotatable bonds is 4. The van der Waals surface area contributed by atoms with Crippen LogP contribution in [0.2, 0.25) is 0 Å². The van der Waals surface area contributed by atoms with E-state index in [0.29, 0.717) is 37.8 Å². The number of piperazine rings is 1. The molecule has 150 valence electrons. The van der Waals surface area contributed by atoms with Crippen LogP contribution in [-0.4, -0.2) is 46.5 Å². The Bertz CT molecular complexity index is 1040. The molecule has 0 bridgehead atoms. The zero-order valence-corrected chi connectivity index (χ0v) is 17.0. The predicted octanol–water partition coefficient (Wildman–Crippen LogP) is 3.69. The van der Waals surface area contributed by atoms with Gasteiger partial charge in [0.2, 0.25) is 11.6 Å². The minimum absolute atomic E-state index is 0.103. The molecule has 0 unspecified atom stereocenters. The summed E-state index contributed by atoms with van der Waals surface area (Å²) >= 11 is 0. The van der Waals surface area contributed by atoms with Crippen molar-refractivity contribution in [2.75, 3.05) is 24.5 Å². The van der Waals surface area contributed by atoms with Gasteiger partial charge < -0.3 is 14.2 Å². The Morgan fingerprint density at radius 1 is 1.21 bits per heavy atom. The van der Waals surface area contributed by atoms with Crippen LogP contribution >= 0.6 is 0 Å². The number of hydrogen-bond donors (Lipinski definition) is 0. The molecule has 1 atom stereocenters. The maximum atomic E-state index is 12.9. The molecular weight excluding hydrogens is 364 g/mol. The number of amides is 1. The number of aromatic nitrogens is 2. The van der Waals surface area contributed by atoms with Crippen LogP contribution in [0.1, 0.15) is 42.4 Å². The summed E-state index contributed by atoms with van der Waals surface area (Å²) in [6.07, 6.45) is 4.85. The van der Waals surface area contributed by atoms with Crippen molar-refractivity contribution in [3.05, 3.63) is 53.2 Å². The Morgan fingerprint density at radius 3 is 2.72 bits per heavy atom. The van der Waals surface area contributed by atoms with Crippen LogP contribution in [0.5, 0.6) is 0 Å². The van der Waals surface area contributed by atoms with Crippen LogP contribution in [0, 0.1) is 6.92 Å². The molecule has 2 fully saturated rings. The molecule has 6 heteroatoms. The van der Waals surface area contributed by atoms with E-state index in [4.69, 9.17) is 4.42 Å². The van der Waals surface area contributed by atoms with Gasteiger partial charge in [0.15, 0.2) is 0 Å². The standard InChI is InChI=1S/C23H26N4O2/c1-15-11-20-22(24-13-15)29-23(25-20)26-9-10-27(16(2)14-26)21(28)12-17-3-5-18(6-4-17)19-7-8-19/h3-6,11,13,16,19H,7-10,12,14H2,1-2H3/t16-/m1/s1. The first-order chi connectivity index (χ1) is 14.1. The third kappa shape index (κ3) is 3.71. The van der Waals surface area contributed by atoms with Crippen molar-refractivity contribution in [1.29, 1.82) is 0 Å². The minimum Gasteiger partial charge on any atom is -0.404 e. The maximum absolute atomic E-state index is 12.9. The quantitative estimate of drug-likeness (QED) is 0.680. The Morgan fingerprint density at radius 2 is 2.00 bits per heavy atom. The van der Waals surface area contributed by atoms with E-state index in [0.717, 1.165) is 22.6 Å². The van der Waals surface area contributed by atoms with Crippen LogP contribution < -0.4 is 4.90 Å². The Balaban J connectivity index is 1.23. The molecule has 3 heterocycles. The summed E-state index contributed by atoms with van der Waals surface area (Å²) in [5.41, 5.74) is 4.90. The molecule has 1 saturated carbocycles. The fraction of sp³-hybridized carbons (Fsp3) is 0.435. The van der Waals surface area contributed by atoms with Gasteiger partial charge in [-0.25, -0.2) is 4.98 Å². The number of carbonyl (C=O) groups excluding carboxylic acids is 1. The molecule has 2 aliphatic rings. The van der Waals surface area contributed by atoms with Gasteiger partial charge >= 0.3 is 0 Å². The van der Waals surface area contributed by atoms with Crippen molar-refractivity contribution in [3.8, 4) is 0 Å². The van der Waals surface area contributed by atoms with E-state index in [1.807, 2.05) is 17.9 Å². The second kappa shape index (κ2) is 7.17. The monoisotopic (exact) mass is 390 g/mol. The number of fused-ring (bicyclic) bond motifs is 1. The molecule has 0 N–H and O–H groups in total. The molecule has 0 spiro atoms. The zero-order valence-electron chi connectivity index (χ0n) is 17.0. The molecule has 6 nitrogen and oxygen atoms in total. The molecule has 2 aromatic heterocycles. The second-order valence-electron chi connectivity index (χ2n) is 8.41. The van der Waals surface area contributed by atoms with E-state index < -0.39 is 0 Å². The fourth-order valence-corrected chi connectivity index (χ4v) is 4.15. The predicted molar refractivity (Wildman–Crippen MR) is 112 cm³/mol. The Hall–Kier alpha value is -2.89. The average Bonchev–Trinajstić information content (AvgIpc) is 3.47.